The first kappa shape index (κ1) is 13.1. The molecule has 3 heterocycles. The monoisotopic (exact) mass is 297 g/mol. The van der Waals surface area contributed by atoms with Crippen LogP contribution in [-0.2, 0) is 16.6 Å². The highest BCUT2D eigenvalue weighted by molar-refractivity contribution is 5.97. The lowest BCUT2D eigenvalue weighted by Crippen LogP contribution is -2.44. The number of carbonyl (C=O) groups is 2. The molecule has 6 nitrogen and oxygen atoms in total. The summed E-state index contributed by atoms with van der Waals surface area (Å²) in [5.41, 5.74) is 2.19. The van der Waals surface area contributed by atoms with Gasteiger partial charge in [-0.1, -0.05) is 30.3 Å². The number of rotatable bonds is 2. The van der Waals surface area contributed by atoms with Crippen molar-refractivity contribution in [3.63, 3.8) is 0 Å². The van der Waals surface area contributed by atoms with Crippen molar-refractivity contribution < 1.29 is 14.3 Å². The number of likely N-dealkylation sites (tertiary alicyclic amines) is 1. The second-order valence-corrected chi connectivity index (χ2v) is 5.67. The Bertz CT molecular complexity index is 753. The number of amides is 1. The van der Waals surface area contributed by atoms with E-state index >= 15 is 0 Å². The molecule has 112 valence electrons. The first-order valence-corrected chi connectivity index (χ1v) is 7.24. The molecule has 0 saturated carbocycles. The Morgan fingerprint density at radius 3 is 2.77 bits per heavy atom. The number of nitrogens with zero attached hydrogens (tertiary/aromatic N) is 3. The Hall–Kier alpha value is -2.63. The SMILES string of the molecule is Cn1nc(-c2ccccc2)cc1C(=O)N1C[C@H]2C[C@H]1C(=O)O2. The Labute approximate surface area is 127 Å². The van der Waals surface area contributed by atoms with E-state index in [1.165, 1.54) is 0 Å². The fourth-order valence-corrected chi connectivity index (χ4v) is 3.14. The van der Waals surface area contributed by atoms with Gasteiger partial charge >= 0.3 is 5.97 Å². The van der Waals surface area contributed by atoms with Gasteiger partial charge in [0.25, 0.3) is 5.91 Å². The van der Waals surface area contributed by atoms with Crippen molar-refractivity contribution >= 4 is 11.9 Å². The van der Waals surface area contributed by atoms with Crippen LogP contribution < -0.4 is 0 Å². The molecule has 1 amide bonds. The third-order valence-corrected chi connectivity index (χ3v) is 4.25. The number of aromatic nitrogens is 2. The van der Waals surface area contributed by atoms with E-state index < -0.39 is 6.04 Å². The molecule has 0 spiro atoms. The highest BCUT2D eigenvalue weighted by atomic mass is 16.6. The molecule has 0 aliphatic carbocycles. The molecule has 2 aliphatic heterocycles. The number of morpholine rings is 1. The van der Waals surface area contributed by atoms with Crippen LogP contribution in [0.3, 0.4) is 0 Å². The highest BCUT2D eigenvalue weighted by Gasteiger charge is 2.49. The average Bonchev–Trinajstić information content (AvgIpc) is 3.20. The minimum Gasteiger partial charge on any atom is -0.459 e. The number of carbonyl (C=O) groups excluding carboxylic acids is 2. The van der Waals surface area contributed by atoms with E-state index in [2.05, 4.69) is 5.10 Å². The largest absolute Gasteiger partial charge is 0.459 e. The maximum Gasteiger partial charge on any atom is 0.329 e. The molecule has 2 fully saturated rings. The number of benzene rings is 1. The van der Waals surface area contributed by atoms with Gasteiger partial charge in [-0.2, -0.15) is 5.10 Å². The van der Waals surface area contributed by atoms with Gasteiger partial charge in [0.1, 0.15) is 17.8 Å². The molecule has 2 saturated heterocycles. The zero-order valence-electron chi connectivity index (χ0n) is 12.1. The number of ether oxygens (including phenoxy) is 1. The summed E-state index contributed by atoms with van der Waals surface area (Å²) >= 11 is 0. The standard InChI is InChI=1S/C16H15N3O3/c1-18-13(8-12(17-18)10-5-3-2-4-6-10)15(20)19-9-11-7-14(19)16(21)22-11/h2-6,8,11,14H,7,9H2,1H3/t11-,14+/m1/s1. The van der Waals surface area contributed by atoms with E-state index in [9.17, 15) is 9.59 Å². The number of fused-ring (bicyclic) bond motifs is 2. The third-order valence-electron chi connectivity index (χ3n) is 4.25. The predicted octanol–water partition coefficient (Wildman–Crippen LogP) is 1.23. The van der Waals surface area contributed by atoms with Crippen molar-refractivity contribution in [2.75, 3.05) is 6.54 Å². The van der Waals surface area contributed by atoms with Crippen LogP contribution in [0.4, 0.5) is 0 Å². The van der Waals surface area contributed by atoms with Crippen LogP contribution in [0, 0.1) is 0 Å². The molecule has 6 heteroatoms. The van der Waals surface area contributed by atoms with Crippen molar-refractivity contribution in [1.82, 2.24) is 14.7 Å². The molecule has 4 rings (SSSR count). The normalized spacial score (nSPS) is 23.0. The summed E-state index contributed by atoms with van der Waals surface area (Å²) in [5, 5.41) is 4.41. The zero-order chi connectivity index (χ0) is 15.3. The highest BCUT2D eigenvalue weighted by Crippen LogP contribution is 2.30. The van der Waals surface area contributed by atoms with Crippen LogP contribution in [0.5, 0.6) is 0 Å². The van der Waals surface area contributed by atoms with Gasteiger partial charge in [-0.15, -0.1) is 0 Å². The summed E-state index contributed by atoms with van der Waals surface area (Å²) in [5.74, 6) is -0.462. The van der Waals surface area contributed by atoms with E-state index in [1.54, 1.807) is 22.7 Å². The fraction of sp³-hybridized carbons (Fsp3) is 0.312. The summed E-state index contributed by atoms with van der Waals surface area (Å²) in [4.78, 5) is 26.0. The second kappa shape index (κ2) is 4.69. The van der Waals surface area contributed by atoms with E-state index in [-0.39, 0.29) is 18.0 Å². The molecule has 0 N–H and O–H groups in total. The maximum absolute atomic E-state index is 12.7. The molecule has 2 bridgehead atoms. The van der Waals surface area contributed by atoms with Crippen LogP contribution in [0.2, 0.25) is 0 Å². The van der Waals surface area contributed by atoms with Gasteiger partial charge in [0.15, 0.2) is 0 Å². The molecular formula is C16H15N3O3. The minimum atomic E-state index is -0.437. The number of hydrogen-bond donors (Lipinski definition) is 0. The molecule has 1 aromatic carbocycles. The van der Waals surface area contributed by atoms with Gasteiger partial charge in [0.2, 0.25) is 0 Å². The summed E-state index contributed by atoms with van der Waals surface area (Å²) in [6, 6.07) is 11.0. The molecule has 2 aromatic rings. The van der Waals surface area contributed by atoms with E-state index in [1.807, 2.05) is 30.3 Å². The van der Waals surface area contributed by atoms with Crippen LogP contribution in [0.25, 0.3) is 11.3 Å². The van der Waals surface area contributed by atoms with Gasteiger partial charge in [-0.3, -0.25) is 9.48 Å². The van der Waals surface area contributed by atoms with Crippen molar-refractivity contribution in [1.29, 1.82) is 0 Å². The second-order valence-electron chi connectivity index (χ2n) is 5.67. The molecule has 1 aromatic heterocycles. The predicted molar refractivity (Wildman–Crippen MR) is 78.0 cm³/mol. The van der Waals surface area contributed by atoms with Crippen LogP contribution in [-0.4, -0.2) is 45.2 Å². The summed E-state index contributed by atoms with van der Waals surface area (Å²) in [7, 11) is 1.74. The Kier molecular flexibility index (Phi) is 2.79. The summed E-state index contributed by atoms with van der Waals surface area (Å²) in [6.07, 6.45) is 0.455. The van der Waals surface area contributed by atoms with Gasteiger partial charge < -0.3 is 9.64 Å². The Balaban J connectivity index is 1.65. The fourth-order valence-electron chi connectivity index (χ4n) is 3.14. The Morgan fingerprint density at radius 2 is 2.09 bits per heavy atom. The van der Waals surface area contributed by atoms with Crippen LogP contribution in [0.15, 0.2) is 36.4 Å². The van der Waals surface area contributed by atoms with Gasteiger partial charge in [0, 0.05) is 19.0 Å². The molecule has 2 aliphatic rings. The topological polar surface area (TPSA) is 64.4 Å². The molecule has 0 radical (unpaired) electrons. The van der Waals surface area contributed by atoms with E-state index in [4.69, 9.17) is 4.74 Å². The summed E-state index contributed by atoms with van der Waals surface area (Å²) in [6.45, 7) is 0.473. The third kappa shape index (κ3) is 1.91. The molecule has 2 atom stereocenters. The lowest BCUT2D eigenvalue weighted by molar-refractivity contribution is -0.149. The quantitative estimate of drug-likeness (QED) is 0.782. The number of aryl methyl sites for hydroxylation is 1. The first-order chi connectivity index (χ1) is 10.6. The van der Waals surface area contributed by atoms with Crippen LogP contribution >= 0.6 is 0 Å². The smallest absolute Gasteiger partial charge is 0.329 e. The minimum absolute atomic E-state index is 0.150. The Morgan fingerprint density at radius 1 is 1.32 bits per heavy atom. The van der Waals surface area contributed by atoms with Crippen molar-refractivity contribution in [3.8, 4) is 11.3 Å². The summed E-state index contributed by atoms with van der Waals surface area (Å²) < 4.78 is 6.70. The lowest BCUT2D eigenvalue weighted by atomic mass is 10.1. The van der Waals surface area contributed by atoms with Gasteiger partial charge in [-0.05, 0) is 6.07 Å². The molecule has 22 heavy (non-hydrogen) atoms. The number of esters is 1. The molecular weight excluding hydrogens is 282 g/mol. The maximum atomic E-state index is 12.7. The average molecular weight is 297 g/mol. The van der Waals surface area contributed by atoms with Crippen molar-refractivity contribution in [2.24, 2.45) is 7.05 Å². The lowest BCUT2D eigenvalue weighted by Gasteiger charge is -2.25. The van der Waals surface area contributed by atoms with E-state index in [0.29, 0.717) is 18.7 Å². The van der Waals surface area contributed by atoms with E-state index in [0.717, 1.165) is 11.3 Å². The van der Waals surface area contributed by atoms with Gasteiger partial charge in [-0.25, -0.2) is 4.79 Å². The van der Waals surface area contributed by atoms with Crippen LogP contribution in [0.1, 0.15) is 16.9 Å². The van der Waals surface area contributed by atoms with Crippen molar-refractivity contribution in [2.45, 2.75) is 18.6 Å². The number of hydrogen-bond acceptors (Lipinski definition) is 4. The van der Waals surface area contributed by atoms with Crippen molar-refractivity contribution in [3.05, 3.63) is 42.1 Å². The zero-order valence-corrected chi connectivity index (χ0v) is 12.1. The van der Waals surface area contributed by atoms with Gasteiger partial charge in [0.05, 0.1) is 12.2 Å². The molecule has 0 unspecified atom stereocenters. The first-order valence-electron chi connectivity index (χ1n) is 7.24.